The number of rotatable bonds is 7. The van der Waals surface area contributed by atoms with Crippen molar-refractivity contribution in [2.24, 2.45) is 17.6 Å². The van der Waals surface area contributed by atoms with Crippen molar-refractivity contribution >= 4 is 23.9 Å². The normalized spacial score (nSPS) is 14.2. The largest absolute Gasteiger partial charge is 0.481 e. The highest BCUT2D eigenvalue weighted by Crippen LogP contribution is 2.24. The van der Waals surface area contributed by atoms with Crippen LogP contribution in [0, 0.1) is 17.2 Å². The Labute approximate surface area is 147 Å². The van der Waals surface area contributed by atoms with E-state index >= 15 is 0 Å². The molecule has 9 nitrogen and oxygen atoms in total. The van der Waals surface area contributed by atoms with E-state index in [9.17, 15) is 19.5 Å². The third-order valence-corrected chi connectivity index (χ3v) is 2.81. The molecule has 0 aromatic rings. The number of aliphatic carboxylic acids is 1. The van der Waals surface area contributed by atoms with E-state index < -0.39 is 40.9 Å². The first-order chi connectivity index (χ1) is 11.1. The van der Waals surface area contributed by atoms with Gasteiger partial charge in [-0.25, -0.2) is 0 Å². The van der Waals surface area contributed by atoms with Gasteiger partial charge in [-0.2, -0.15) is 0 Å². The van der Waals surface area contributed by atoms with Crippen LogP contribution in [-0.2, 0) is 23.9 Å². The van der Waals surface area contributed by atoms with Gasteiger partial charge >= 0.3 is 17.9 Å². The molecule has 0 amide bonds. The Hall–Kier alpha value is -2.32. The third kappa shape index (κ3) is 9.53. The van der Waals surface area contributed by atoms with Gasteiger partial charge in [-0.1, -0.05) is 0 Å². The van der Waals surface area contributed by atoms with Crippen molar-refractivity contribution < 1.29 is 29.0 Å². The average Bonchev–Trinajstić information content (AvgIpc) is 2.31. The molecule has 0 saturated heterocycles. The summed E-state index contributed by atoms with van der Waals surface area (Å²) >= 11 is 0. The van der Waals surface area contributed by atoms with Crippen molar-refractivity contribution in [2.45, 2.75) is 59.2 Å². The number of ether oxygens (including phenoxy) is 2. The first-order valence-electron chi connectivity index (χ1n) is 7.90. The highest BCUT2D eigenvalue weighted by molar-refractivity contribution is 5.98. The molecule has 0 rings (SSSR count). The predicted molar refractivity (Wildman–Crippen MR) is 90.8 cm³/mol. The smallest absolute Gasteiger partial charge is 0.321 e. The summed E-state index contributed by atoms with van der Waals surface area (Å²) in [7, 11) is 0. The minimum absolute atomic E-state index is 0.0336. The highest BCUT2D eigenvalue weighted by atomic mass is 16.6. The second-order valence-corrected chi connectivity index (χ2v) is 7.62. The van der Waals surface area contributed by atoms with Crippen molar-refractivity contribution in [3.8, 4) is 0 Å². The van der Waals surface area contributed by atoms with Crippen LogP contribution >= 0.6 is 0 Å². The molecule has 2 atom stereocenters. The average molecular weight is 359 g/mol. The van der Waals surface area contributed by atoms with Crippen LogP contribution in [0.2, 0.25) is 0 Å². The second-order valence-electron chi connectivity index (χ2n) is 7.62. The summed E-state index contributed by atoms with van der Waals surface area (Å²) in [6.45, 7) is 9.75. The van der Waals surface area contributed by atoms with Crippen LogP contribution in [0.25, 0.3) is 0 Å². The maximum Gasteiger partial charge on any atom is 0.321 e. The van der Waals surface area contributed by atoms with Gasteiger partial charge in [0, 0.05) is 6.54 Å². The van der Waals surface area contributed by atoms with E-state index in [0.29, 0.717) is 0 Å². The van der Waals surface area contributed by atoms with Crippen molar-refractivity contribution in [3.63, 3.8) is 0 Å². The van der Waals surface area contributed by atoms with Crippen molar-refractivity contribution in [3.05, 3.63) is 0 Å². The van der Waals surface area contributed by atoms with Crippen LogP contribution in [0.1, 0.15) is 48.0 Å². The SMILES string of the molecule is CC(C)(C)OC(=O)C(CCNC(=N)N)C(C(=O)O)C(=O)OC(C)(C)C. The van der Waals surface area contributed by atoms with Crippen molar-refractivity contribution in [1.82, 2.24) is 5.32 Å². The Bertz CT molecular complexity index is 519. The molecular weight excluding hydrogens is 330 g/mol. The molecule has 0 aliphatic heterocycles. The molecular formula is C16H29N3O6. The maximum absolute atomic E-state index is 12.4. The van der Waals surface area contributed by atoms with E-state index in [2.05, 4.69) is 5.32 Å². The molecule has 0 aliphatic carbocycles. The summed E-state index contributed by atoms with van der Waals surface area (Å²) in [5, 5.41) is 19.1. The number of carbonyl (C=O) groups is 3. The fourth-order valence-electron chi connectivity index (χ4n) is 1.96. The minimum Gasteiger partial charge on any atom is -0.481 e. The topological polar surface area (TPSA) is 152 Å². The monoisotopic (exact) mass is 359 g/mol. The number of guanidine groups is 1. The van der Waals surface area contributed by atoms with Crippen LogP contribution in [0.3, 0.4) is 0 Å². The van der Waals surface area contributed by atoms with E-state index in [4.69, 9.17) is 20.6 Å². The van der Waals surface area contributed by atoms with Gasteiger partial charge in [0.25, 0.3) is 0 Å². The first kappa shape index (κ1) is 22.7. The van der Waals surface area contributed by atoms with Gasteiger partial charge in [-0.15, -0.1) is 0 Å². The molecule has 0 radical (unpaired) electrons. The van der Waals surface area contributed by atoms with Gasteiger partial charge in [0.05, 0.1) is 5.92 Å². The van der Waals surface area contributed by atoms with E-state index in [1.165, 1.54) is 0 Å². The summed E-state index contributed by atoms with van der Waals surface area (Å²) in [6, 6.07) is 0. The molecule has 0 aromatic carbocycles. The number of carboxylic acids is 1. The third-order valence-electron chi connectivity index (χ3n) is 2.81. The van der Waals surface area contributed by atoms with Gasteiger partial charge in [-0.05, 0) is 48.0 Å². The lowest BCUT2D eigenvalue weighted by atomic mass is 9.88. The fourth-order valence-corrected chi connectivity index (χ4v) is 1.96. The number of carboxylic acid groups (broad SMARTS) is 1. The summed E-state index contributed by atoms with van der Waals surface area (Å²) < 4.78 is 10.4. The maximum atomic E-state index is 12.4. The number of hydrogen-bond donors (Lipinski definition) is 4. The molecule has 0 heterocycles. The zero-order chi connectivity index (χ0) is 20.0. The zero-order valence-electron chi connectivity index (χ0n) is 15.6. The lowest BCUT2D eigenvalue weighted by Gasteiger charge is -2.28. The Kier molecular flexibility index (Phi) is 7.88. The lowest BCUT2D eigenvalue weighted by Crippen LogP contribution is -2.44. The quantitative estimate of drug-likeness (QED) is 0.226. The molecule has 5 N–H and O–H groups in total. The van der Waals surface area contributed by atoms with Crippen LogP contribution in [0.4, 0.5) is 0 Å². The number of carbonyl (C=O) groups excluding carboxylic acids is 2. The highest BCUT2D eigenvalue weighted by Gasteiger charge is 2.43. The Morgan fingerprint density at radius 2 is 1.48 bits per heavy atom. The standard InChI is InChI=1S/C16H29N3O6/c1-15(2,3)24-12(22)9(7-8-19-14(17)18)10(11(20)21)13(23)25-16(4,5)6/h9-10H,7-8H2,1-6H3,(H,20,21)(H4,17,18,19). The van der Waals surface area contributed by atoms with E-state index in [1.807, 2.05) is 0 Å². The second kappa shape index (κ2) is 8.68. The van der Waals surface area contributed by atoms with Crippen LogP contribution in [0.5, 0.6) is 0 Å². The van der Waals surface area contributed by atoms with Gasteiger partial charge in [-0.3, -0.25) is 19.8 Å². The molecule has 0 spiro atoms. The minimum atomic E-state index is -1.72. The molecule has 2 unspecified atom stereocenters. The molecule has 144 valence electrons. The van der Waals surface area contributed by atoms with Gasteiger partial charge in [0.2, 0.25) is 0 Å². The molecule has 25 heavy (non-hydrogen) atoms. The first-order valence-corrected chi connectivity index (χ1v) is 7.90. The van der Waals surface area contributed by atoms with E-state index in [0.717, 1.165) is 0 Å². The lowest BCUT2D eigenvalue weighted by molar-refractivity contribution is -0.179. The molecule has 9 heteroatoms. The van der Waals surface area contributed by atoms with Crippen LogP contribution in [0.15, 0.2) is 0 Å². The van der Waals surface area contributed by atoms with Crippen molar-refractivity contribution in [2.75, 3.05) is 6.54 Å². The molecule has 0 saturated carbocycles. The molecule has 0 bridgehead atoms. The van der Waals surface area contributed by atoms with Crippen LogP contribution < -0.4 is 11.1 Å². The zero-order valence-corrected chi connectivity index (χ0v) is 15.6. The number of esters is 2. The van der Waals surface area contributed by atoms with Crippen molar-refractivity contribution in [1.29, 1.82) is 5.41 Å². The Morgan fingerprint density at radius 1 is 1.04 bits per heavy atom. The summed E-state index contributed by atoms with van der Waals surface area (Å²) in [5.74, 6) is -6.64. The fraction of sp³-hybridized carbons (Fsp3) is 0.750. The molecule has 0 fully saturated rings. The summed E-state index contributed by atoms with van der Waals surface area (Å²) in [5.41, 5.74) is 3.43. The predicted octanol–water partition coefficient (Wildman–Crippen LogP) is 0.860. The number of nitrogens with one attached hydrogen (secondary N) is 2. The van der Waals surface area contributed by atoms with E-state index in [-0.39, 0.29) is 18.9 Å². The van der Waals surface area contributed by atoms with E-state index in [1.54, 1.807) is 41.5 Å². The molecule has 0 aliphatic rings. The van der Waals surface area contributed by atoms with Gasteiger partial charge < -0.3 is 25.6 Å². The number of nitrogens with two attached hydrogens (primary N) is 1. The number of hydrogen-bond acceptors (Lipinski definition) is 6. The Morgan fingerprint density at radius 3 is 1.84 bits per heavy atom. The summed E-state index contributed by atoms with van der Waals surface area (Å²) in [6.07, 6.45) is -0.0648. The Balaban J connectivity index is 5.52. The molecule has 0 aromatic heterocycles. The van der Waals surface area contributed by atoms with Gasteiger partial charge in [0.15, 0.2) is 11.9 Å². The summed E-state index contributed by atoms with van der Waals surface area (Å²) in [4.78, 5) is 36.4. The van der Waals surface area contributed by atoms with Crippen LogP contribution in [-0.4, -0.2) is 46.7 Å². The van der Waals surface area contributed by atoms with Gasteiger partial charge in [0.1, 0.15) is 11.2 Å².